The van der Waals surface area contributed by atoms with Gasteiger partial charge in [-0.05, 0) is 61.2 Å². The first-order valence-electron chi connectivity index (χ1n) is 11.9. The van der Waals surface area contributed by atoms with Gasteiger partial charge in [0.05, 0.1) is 11.2 Å². The molecule has 2 fully saturated rings. The molecule has 0 radical (unpaired) electrons. The first kappa shape index (κ1) is 29.8. The normalized spacial score (nSPS) is 26.6. The predicted octanol–water partition coefficient (Wildman–Crippen LogP) is 0.932. The summed E-state index contributed by atoms with van der Waals surface area (Å²) < 4.78 is 46.0. The van der Waals surface area contributed by atoms with Crippen LogP contribution in [0.5, 0.6) is 0 Å². The third-order valence-electron chi connectivity index (χ3n) is 6.70. The maximum atomic E-state index is 12.8. The quantitative estimate of drug-likeness (QED) is 0.242. The van der Waals surface area contributed by atoms with E-state index in [1.165, 1.54) is 0 Å². The van der Waals surface area contributed by atoms with Gasteiger partial charge in [-0.3, -0.25) is 4.79 Å². The number of carbonyl (C=O) groups excluding carboxylic acids is 1. The average Bonchev–Trinajstić information content (AvgIpc) is 3.12. The SMILES string of the molecule is CC(C)(C)OC(=O)NCCNS(=O)(=O)N1C[C@H](CCCB2OC(C)(C)C(C)(C)O2)[C@](N)(C(=O)O)C1. The van der Waals surface area contributed by atoms with Crippen molar-refractivity contribution in [3.05, 3.63) is 0 Å². The fourth-order valence-electron chi connectivity index (χ4n) is 4.03. The van der Waals surface area contributed by atoms with Crippen LogP contribution in [-0.2, 0) is 29.0 Å². The van der Waals surface area contributed by atoms with Crippen molar-refractivity contribution in [2.24, 2.45) is 11.7 Å². The van der Waals surface area contributed by atoms with Gasteiger partial charge in [0.2, 0.25) is 0 Å². The number of nitrogens with two attached hydrogens (primary N) is 1. The number of rotatable bonds is 10. The number of ether oxygens (including phenoxy) is 1. The minimum absolute atomic E-state index is 0.00615. The smallest absolute Gasteiger partial charge is 0.457 e. The Kier molecular flexibility index (Phi) is 8.94. The van der Waals surface area contributed by atoms with E-state index >= 15 is 0 Å². The summed E-state index contributed by atoms with van der Waals surface area (Å²) in [5.74, 6) is -1.83. The summed E-state index contributed by atoms with van der Waals surface area (Å²) in [6.07, 6.45) is 0.848. The highest BCUT2D eigenvalue weighted by atomic mass is 32.2. The summed E-state index contributed by atoms with van der Waals surface area (Å²) in [5, 5.41) is 12.2. The molecule has 14 heteroatoms. The molecule has 2 saturated heterocycles. The topological polar surface area (TPSA) is 170 Å². The molecule has 0 spiro atoms. The Balaban J connectivity index is 1.89. The fraction of sp³-hybridized carbons (Fsp3) is 0.905. The molecule has 2 rings (SSSR count). The van der Waals surface area contributed by atoms with E-state index in [-0.39, 0.29) is 26.2 Å². The van der Waals surface area contributed by atoms with Gasteiger partial charge in [0, 0.05) is 32.1 Å². The molecule has 5 N–H and O–H groups in total. The Hall–Kier alpha value is -1.45. The number of nitrogens with zero attached hydrogens (tertiary/aromatic N) is 1. The van der Waals surface area contributed by atoms with Crippen LogP contribution in [0.3, 0.4) is 0 Å². The van der Waals surface area contributed by atoms with Gasteiger partial charge in [-0.15, -0.1) is 0 Å². The number of alkyl carbamates (subject to hydrolysis) is 1. The molecule has 12 nitrogen and oxygen atoms in total. The summed E-state index contributed by atoms with van der Waals surface area (Å²) in [6.45, 7) is 12.5. The van der Waals surface area contributed by atoms with E-state index < -0.39 is 57.7 Å². The highest BCUT2D eigenvalue weighted by molar-refractivity contribution is 7.87. The van der Waals surface area contributed by atoms with Crippen molar-refractivity contribution >= 4 is 29.4 Å². The van der Waals surface area contributed by atoms with E-state index in [1.807, 2.05) is 27.7 Å². The van der Waals surface area contributed by atoms with E-state index in [2.05, 4.69) is 10.0 Å². The molecule has 2 aliphatic heterocycles. The van der Waals surface area contributed by atoms with Gasteiger partial charge in [0.15, 0.2) is 0 Å². The number of carbonyl (C=O) groups is 2. The Labute approximate surface area is 208 Å². The highest BCUT2D eigenvalue weighted by Crippen LogP contribution is 2.39. The van der Waals surface area contributed by atoms with Crippen LogP contribution in [0.1, 0.15) is 61.3 Å². The zero-order chi connectivity index (χ0) is 26.9. The molecule has 0 aromatic rings. The minimum atomic E-state index is -4.00. The van der Waals surface area contributed by atoms with Crippen molar-refractivity contribution in [3.63, 3.8) is 0 Å². The molecule has 35 heavy (non-hydrogen) atoms. The number of nitrogens with one attached hydrogen (secondary N) is 2. The van der Waals surface area contributed by atoms with Crippen LogP contribution < -0.4 is 15.8 Å². The molecule has 0 aromatic heterocycles. The van der Waals surface area contributed by atoms with E-state index in [9.17, 15) is 23.1 Å². The van der Waals surface area contributed by atoms with Crippen LogP contribution in [0.2, 0.25) is 6.32 Å². The molecule has 202 valence electrons. The maximum absolute atomic E-state index is 12.8. The second-order valence-corrected chi connectivity index (χ2v) is 13.0. The predicted molar refractivity (Wildman–Crippen MR) is 131 cm³/mol. The van der Waals surface area contributed by atoms with Crippen molar-refractivity contribution in [2.75, 3.05) is 26.2 Å². The lowest BCUT2D eigenvalue weighted by molar-refractivity contribution is -0.144. The van der Waals surface area contributed by atoms with Crippen LogP contribution in [0, 0.1) is 5.92 Å². The summed E-state index contributed by atoms with van der Waals surface area (Å²) in [6, 6.07) is 0. The first-order chi connectivity index (χ1) is 15.8. The van der Waals surface area contributed by atoms with Crippen LogP contribution >= 0.6 is 0 Å². The standard InChI is InChI=1S/C21H41BN4O8S/c1-18(2,3)32-17(29)24-11-12-25-35(30,31)26-13-15(21(23,14-26)16(27)28)9-8-10-22-33-19(4,5)20(6,7)34-22/h15,25H,8-14,23H2,1-7H3,(H,24,29)(H,27,28)/t15-,21-/m0/s1. The van der Waals surface area contributed by atoms with Gasteiger partial charge in [-0.2, -0.15) is 12.7 Å². The van der Waals surface area contributed by atoms with Gasteiger partial charge in [0.25, 0.3) is 10.2 Å². The number of hydrogen-bond donors (Lipinski definition) is 4. The number of aliphatic carboxylic acids is 1. The molecule has 0 aromatic carbocycles. The summed E-state index contributed by atoms with van der Waals surface area (Å²) in [5.41, 5.74) is 2.90. The minimum Gasteiger partial charge on any atom is -0.480 e. The molecular weight excluding hydrogens is 479 g/mol. The Bertz CT molecular complexity index is 876. The third-order valence-corrected chi connectivity index (χ3v) is 8.23. The molecule has 0 bridgehead atoms. The lowest BCUT2D eigenvalue weighted by Gasteiger charge is -2.32. The Morgan fingerprint density at radius 3 is 2.26 bits per heavy atom. The number of carboxylic acids is 1. The van der Waals surface area contributed by atoms with Crippen molar-refractivity contribution < 1.29 is 37.2 Å². The van der Waals surface area contributed by atoms with Crippen LogP contribution in [0.15, 0.2) is 0 Å². The maximum Gasteiger partial charge on any atom is 0.457 e. The summed E-state index contributed by atoms with van der Waals surface area (Å²) in [4.78, 5) is 23.7. The first-order valence-corrected chi connectivity index (χ1v) is 13.3. The second-order valence-electron chi connectivity index (χ2n) is 11.3. The van der Waals surface area contributed by atoms with E-state index in [1.54, 1.807) is 20.8 Å². The molecule has 1 amide bonds. The number of amides is 1. The zero-order valence-corrected chi connectivity index (χ0v) is 22.7. The zero-order valence-electron chi connectivity index (χ0n) is 21.8. The average molecular weight is 520 g/mol. The third kappa shape index (κ3) is 7.52. The Morgan fingerprint density at radius 2 is 1.74 bits per heavy atom. The van der Waals surface area contributed by atoms with Gasteiger partial charge in [-0.1, -0.05) is 6.42 Å². The van der Waals surface area contributed by atoms with Crippen molar-refractivity contribution in [1.82, 2.24) is 14.3 Å². The van der Waals surface area contributed by atoms with Crippen LogP contribution in [0.4, 0.5) is 4.79 Å². The van der Waals surface area contributed by atoms with Crippen LogP contribution in [0.25, 0.3) is 0 Å². The molecule has 0 aliphatic carbocycles. The highest BCUT2D eigenvalue weighted by Gasteiger charge is 2.53. The lowest BCUT2D eigenvalue weighted by atomic mass is 9.78. The largest absolute Gasteiger partial charge is 0.480 e. The van der Waals surface area contributed by atoms with Crippen molar-refractivity contribution in [2.45, 2.75) is 90.0 Å². The molecule has 0 saturated carbocycles. The van der Waals surface area contributed by atoms with E-state index in [0.29, 0.717) is 19.2 Å². The number of carboxylic acid groups (broad SMARTS) is 1. The number of hydrogen-bond acceptors (Lipinski definition) is 8. The van der Waals surface area contributed by atoms with Crippen LogP contribution in [-0.4, -0.2) is 85.5 Å². The van der Waals surface area contributed by atoms with E-state index in [4.69, 9.17) is 19.8 Å². The molecular formula is C21H41BN4O8S. The molecule has 2 atom stereocenters. The summed E-state index contributed by atoms with van der Waals surface area (Å²) in [7, 11) is -4.42. The van der Waals surface area contributed by atoms with E-state index in [0.717, 1.165) is 4.31 Å². The molecule has 2 heterocycles. The second kappa shape index (κ2) is 10.5. The van der Waals surface area contributed by atoms with Crippen molar-refractivity contribution in [1.29, 1.82) is 0 Å². The fourth-order valence-corrected chi connectivity index (χ4v) is 5.33. The lowest BCUT2D eigenvalue weighted by Crippen LogP contribution is -2.55. The monoisotopic (exact) mass is 520 g/mol. The van der Waals surface area contributed by atoms with Gasteiger partial charge >= 0.3 is 19.2 Å². The Morgan fingerprint density at radius 1 is 1.17 bits per heavy atom. The summed E-state index contributed by atoms with van der Waals surface area (Å²) >= 11 is 0. The van der Waals surface area contributed by atoms with Crippen molar-refractivity contribution in [3.8, 4) is 0 Å². The molecule has 2 aliphatic rings. The van der Waals surface area contributed by atoms with Gasteiger partial charge < -0.3 is 30.2 Å². The van der Waals surface area contributed by atoms with Gasteiger partial charge in [0.1, 0.15) is 11.1 Å². The molecule has 0 unspecified atom stereocenters. The van der Waals surface area contributed by atoms with Gasteiger partial charge in [-0.25, -0.2) is 9.52 Å².